The van der Waals surface area contributed by atoms with Crippen LogP contribution in [-0.4, -0.2) is 5.78 Å². The van der Waals surface area contributed by atoms with Crippen LogP contribution >= 0.6 is 0 Å². The van der Waals surface area contributed by atoms with E-state index in [1.165, 1.54) is 27.5 Å². The summed E-state index contributed by atoms with van der Waals surface area (Å²) in [5, 5.41) is 2.59. The molecule has 0 heterocycles. The molecule has 1 heteroatoms. The minimum absolute atomic E-state index is 0.376. The van der Waals surface area contributed by atoms with Crippen molar-refractivity contribution in [1.82, 2.24) is 0 Å². The number of rotatable bonds is 0. The Morgan fingerprint density at radius 3 is 2.79 bits per heavy atom. The number of carbonyl (C=O) groups excluding carboxylic acids is 1. The summed E-state index contributed by atoms with van der Waals surface area (Å²) < 4.78 is 0. The number of carbonyl (C=O) groups is 1. The molecule has 0 bridgehead atoms. The van der Waals surface area contributed by atoms with Crippen molar-refractivity contribution in [3.63, 3.8) is 0 Å². The van der Waals surface area contributed by atoms with Crippen molar-refractivity contribution in [2.45, 2.75) is 26.2 Å². The molecule has 0 saturated carbocycles. The number of benzene rings is 2. The lowest BCUT2D eigenvalue weighted by molar-refractivity contribution is -0.115. The lowest BCUT2D eigenvalue weighted by atomic mass is 9.81. The van der Waals surface area contributed by atoms with Gasteiger partial charge in [0.15, 0.2) is 5.78 Å². The molecule has 0 saturated heterocycles. The lowest BCUT2D eigenvalue weighted by Gasteiger charge is -2.22. The summed E-state index contributed by atoms with van der Waals surface area (Å²) in [6.07, 6.45) is 2.65. The molecule has 0 N–H and O–H groups in total. The van der Waals surface area contributed by atoms with E-state index in [9.17, 15) is 4.79 Å². The highest BCUT2D eigenvalue weighted by Crippen LogP contribution is 2.45. The van der Waals surface area contributed by atoms with Crippen LogP contribution in [0.15, 0.2) is 42.0 Å². The number of fused-ring (bicyclic) bond motifs is 4. The van der Waals surface area contributed by atoms with Crippen molar-refractivity contribution < 1.29 is 4.79 Å². The maximum absolute atomic E-state index is 12.1. The number of Topliss-reactive ketones (excluding diaryl/α,β-unsaturated/α-hetero) is 1. The minimum atomic E-state index is 0.376. The molecule has 2 aromatic carbocycles. The minimum Gasteiger partial charge on any atom is -0.295 e. The second-order valence-corrected chi connectivity index (χ2v) is 5.74. The smallest absolute Gasteiger partial charge is 0.159 e. The molecular formula is C18H16O. The van der Waals surface area contributed by atoms with Crippen molar-refractivity contribution in [1.29, 1.82) is 0 Å². The van der Waals surface area contributed by atoms with Gasteiger partial charge in [-0.3, -0.25) is 4.79 Å². The molecule has 1 atom stereocenters. The van der Waals surface area contributed by atoms with Crippen LogP contribution in [0.4, 0.5) is 0 Å². The van der Waals surface area contributed by atoms with Gasteiger partial charge in [-0.1, -0.05) is 43.3 Å². The molecule has 0 radical (unpaired) electrons. The van der Waals surface area contributed by atoms with Gasteiger partial charge in [-0.05, 0) is 51.8 Å². The van der Waals surface area contributed by atoms with E-state index < -0.39 is 0 Å². The summed E-state index contributed by atoms with van der Waals surface area (Å²) in [7, 11) is 0. The fraction of sp³-hybridized carbons (Fsp3) is 0.278. The standard InChI is InChI=1S/C18H16O/c1-11-10-16(19)15-9-8-13-7-6-12-4-2-3-5-14(12)18(13)17(11)15/h2-7,11H,8-10H2,1H3. The van der Waals surface area contributed by atoms with E-state index in [-0.39, 0.29) is 0 Å². The van der Waals surface area contributed by atoms with Crippen molar-refractivity contribution in [3.05, 3.63) is 53.1 Å². The maximum Gasteiger partial charge on any atom is 0.159 e. The first-order chi connectivity index (χ1) is 9.25. The fourth-order valence-corrected chi connectivity index (χ4v) is 3.73. The second-order valence-electron chi connectivity index (χ2n) is 5.74. The maximum atomic E-state index is 12.1. The number of allylic oxidation sites excluding steroid dienone is 2. The third-order valence-corrected chi connectivity index (χ3v) is 4.58. The number of hydrogen-bond donors (Lipinski definition) is 0. The molecule has 2 aliphatic rings. The summed E-state index contributed by atoms with van der Waals surface area (Å²) in [4.78, 5) is 12.1. The van der Waals surface area contributed by atoms with Gasteiger partial charge in [0.25, 0.3) is 0 Å². The normalized spacial score (nSPS) is 21.7. The molecule has 0 spiro atoms. The van der Waals surface area contributed by atoms with Gasteiger partial charge in [0.1, 0.15) is 0 Å². The van der Waals surface area contributed by atoms with Crippen LogP contribution in [0.2, 0.25) is 0 Å². The predicted octanol–water partition coefficient (Wildman–Crippen LogP) is 4.15. The van der Waals surface area contributed by atoms with Gasteiger partial charge in [0, 0.05) is 6.42 Å². The van der Waals surface area contributed by atoms with E-state index >= 15 is 0 Å². The van der Waals surface area contributed by atoms with Crippen LogP contribution in [0.25, 0.3) is 16.3 Å². The fourth-order valence-electron chi connectivity index (χ4n) is 3.73. The molecule has 94 valence electrons. The Hall–Kier alpha value is -1.89. The van der Waals surface area contributed by atoms with Crippen molar-refractivity contribution in [3.8, 4) is 0 Å². The highest BCUT2D eigenvalue weighted by Gasteiger charge is 2.34. The van der Waals surface area contributed by atoms with Gasteiger partial charge in [-0.2, -0.15) is 0 Å². The highest BCUT2D eigenvalue weighted by atomic mass is 16.1. The van der Waals surface area contributed by atoms with Crippen LogP contribution in [0.5, 0.6) is 0 Å². The van der Waals surface area contributed by atoms with Crippen LogP contribution in [0.1, 0.15) is 30.9 Å². The molecule has 4 rings (SSSR count). The molecule has 0 amide bonds. The Kier molecular flexibility index (Phi) is 2.20. The zero-order valence-electron chi connectivity index (χ0n) is 11.1. The molecule has 19 heavy (non-hydrogen) atoms. The van der Waals surface area contributed by atoms with Gasteiger partial charge in [-0.25, -0.2) is 0 Å². The van der Waals surface area contributed by atoms with Crippen molar-refractivity contribution >= 4 is 22.1 Å². The average molecular weight is 248 g/mol. The summed E-state index contributed by atoms with van der Waals surface area (Å²) in [5.41, 5.74) is 5.22. The van der Waals surface area contributed by atoms with Gasteiger partial charge < -0.3 is 0 Å². The lowest BCUT2D eigenvalue weighted by Crippen LogP contribution is -2.07. The van der Waals surface area contributed by atoms with E-state index in [1.54, 1.807) is 0 Å². The molecule has 1 nitrogen and oxygen atoms in total. The second kappa shape index (κ2) is 3.80. The Morgan fingerprint density at radius 1 is 1.05 bits per heavy atom. The summed E-state index contributed by atoms with van der Waals surface area (Å²) in [6, 6.07) is 13.0. The third-order valence-electron chi connectivity index (χ3n) is 4.58. The topological polar surface area (TPSA) is 17.1 Å². The predicted molar refractivity (Wildman–Crippen MR) is 78.0 cm³/mol. The molecular weight excluding hydrogens is 232 g/mol. The largest absolute Gasteiger partial charge is 0.295 e. The third kappa shape index (κ3) is 1.45. The Morgan fingerprint density at radius 2 is 1.89 bits per heavy atom. The molecule has 0 aromatic heterocycles. The molecule has 2 aliphatic carbocycles. The first-order valence-electron chi connectivity index (χ1n) is 7.03. The quantitative estimate of drug-likeness (QED) is 0.684. The zero-order chi connectivity index (χ0) is 13.0. The van der Waals surface area contributed by atoms with E-state index in [1.807, 2.05) is 0 Å². The molecule has 2 aromatic rings. The van der Waals surface area contributed by atoms with E-state index in [2.05, 4.69) is 43.3 Å². The van der Waals surface area contributed by atoms with Crippen LogP contribution in [0, 0.1) is 5.92 Å². The SMILES string of the molecule is CC1CC(=O)C2=C1c1c(ccc3ccccc13)CC2. The molecule has 0 aliphatic heterocycles. The Balaban J connectivity index is 2.10. The first kappa shape index (κ1) is 11.0. The van der Waals surface area contributed by atoms with E-state index in [4.69, 9.17) is 0 Å². The molecule has 0 fully saturated rings. The summed E-state index contributed by atoms with van der Waals surface area (Å²) >= 11 is 0. The van der Waals surface area contributed by atoms with Gasteiger partial charge in [0.2, 0.25) is 0 Å². The van der Waals surface area contributed by atoms with Crippen molar-refractivity contribution in [2.24, 2.45) is 5.92 Å². The number of aryl methyl sites for hydroxylation is 1. The average Bonchev–Trinajstić information content (AvgIpc) is 2.73. The van der Waals surface area contributed by atoms with Gasteiger partial charge >= 0.3 is 0 Å². The Bertz CT molecular complexity index is 736. The molecule has 1 unspecified atom stereocenters. The van der Waals surface area contributed by atoms with Gasteiger partial charge in [0.05, 0.1) is 0 Å². The van der Waals surface area contributed by atoms with Crippen molar-refractivity contribution in [2.75, 3.05) is 0 Å². The summed E-state index contributed by atoms with van der Waals surface area (Å²) in [5.74, 6) is 0.758. The van der Waals surface area contributed by atoms with E-state index in [0.29, 0.717) is 18.1 Å². The Labute approximate surface area is 112 Å². The number of ketones is 1. The highest BCUT2D eigenvalue weighted by molar-refractivity contribution is 6.12. The zero-order valence-corrected chi connectivity index (χ0v) is 11.1. The van der Waals surface area contributed by atoms with Gasteiger partial charge in [-0.15, -0.1) is 0 Å². The van der Waals surface area contributed by atoms with Crippen LogP contribution < -0.4 is 0 Å². The first-order valence-corrected chi connectivity index (χ1v) is 7.03. The van der Waals surface area contributed by atoms with Crippen LogP contribution in [-0.2, 0) is 11.2 Å². The number of hydrogen-bond acceptors (Lipinski definition) is 1. The van der Waals surface area contributed by atoms with E-state index in [0.717, 1.165) is 18.4 Å². The summed E-state index contributed by atoms with van der Waals surface area (Å²) in [6.45, 7) is 2.19. The monoisotopic (exact) mass is 248 g/mol. The van der Waals surface area contributed by atoms with Crippen LogP contribution in [0.3, 0.4) is 0 Å².